The molecule has 0 fully saturated rings. The first-order chi connectivity index (χ1) is 8.48. The first kappa shape index (κ1) is 14.4. The van der Waals surface area contributed by atoms with E-state index in [1.54, 1.807) is 19.1 Å². The van der Waals surface area contributed by atoms with Crippen molar-refractivity contribution in [3.8, 4) is 6.07 Å². The molecule has 0 aliphatic rings. The number of hydrogen-bond acceptors (Lipinski definition) is 5. The van der Waals surface area contributed by atoms with E-state index in [2.05, 4.69) is 15.0 Å². The van der Waals surface area contributed by atoms with Gasteiger partial charge in [-0.3, -0.25) is 0 Å². The lowest BCUT2D eigenvalue weighted by molar-refractivity contribution is 0.584. The average Bonchev–Trinajstić information content (AvgIpc) is 2.36. The van der Waals surface area contributed by atoms with Crippen molar-refractivity contribution in [2.24, 2.45) is 0 Å². The Morgan fingerprint density at radius 1 is 1.39 bits per heavy atom. The Bertz CT molecular complexity index is 549. The molecule has 2 N–H and O–H groups in total. The Morgan fingerprint density at radius 3 is 2.72 bits per heavy atom. The van der Waals surface area contributed by atoms with Crippen molar-refractivity contribution < 1.29 is 8.42 Å². The minimum Gasteiger partial charge on any atom is -0.369 e. The van der Waals surface area contributed by atoms with Crippen molar-refractivity contribution >= 4 is 15.8 Å². The second kappa shape index (κ2) is 6.33. The topological polar surface area (TPSA) is 94.9 Å². The van der Waals surface area contributed by atoms with Gasteiger partial charge in [0.2, 0.25) is 10.0 Å². The van der Waals surface area contributed by atoms with E-state index >= 15 is 0 Å². The molecule has 0 saturated carbocycles. The smallest absolute Gasteiger partial charge is 0.211 e. The lowest BCUT2D eigenvalue weighted by Gasteiger charge is -2.07. The molecule has 0 bridgehead atoms. The van der Waals surface area contributed by atoms with Crippen molar-refractivity contribution in [3.63, 3.8) is 0 Å². The van der Waals surface area contributed by atoms with E-state index in [9.17, 15) is 8.42 Å². The number of sulfonamides is 1. The van der Waals surface area contributed by atoms with Crippen molar-refractivity contribution in [3.05, 3.63) is 23.4 Å². The highest BCUT2D eigenvalue weighted by Gasteiger charge is 2.05. The Morgan fingerprint density at radius 2 is 2.11 bits per heavy atom. The molecule has 6 nitrogen and oxygen atoms in total. The zero-order chi connectivity index (χ0) is 13.6. The molecule has 18 heavy (non-hydrogen) atoms. The number of aryl methyl sites for hydroxylation is 1. The van der Waals surface area contributed by atoms with Gasteiger partial charge in [-0.25, -0.2) is 18.1 Å². The van der Waals surface area contributed by atoms with E-state index in [0.717, 1.165) is 5.56 Å². The van der Waals surface area contributed by atoms with Crippen LogP contribution < -0.4 is 10.0 Å². The number of pyridine rings is 1. The summed E-state index contributed by atoms with van der Waals surface area (Å²) in [4.78, 5) is 4.10. The molecular weight excluding hydrogens is 252 g/mol. The van der Waals surface area contributed by atoms with Gasteiger partial charge in [0.05, 0.1) is 5.75 Å². The average molecular weight is 268 g/mol. The highest BCUT2D eigenvalue weighted by Crippen LogP contribution is 2.08. The maximum atomic E-state index is 11.2. The van der Waals surface area contributed by atoms with E-state index in [1.807, 2.05) is 13.0 Å². The Labute approximate surface area is 107 Å². The largest absolute Gasteiger partial charge is 0.369 e. The molecule has 1 aromatic rings. The maximum Gasteiger partial charge on any atom is 0.211 e. The number of nitrogens with zero attached hydrogens (tertiary/aromatic N) is 2. The van der Waals surface area contributed by atoms with Gasteiger partial charge in [-0.15, -0.1) is 0 Å². The number of aromatic nitrogens is 1. The van der Waals surface area contributed by atoms with Crippen LogP contribution in [0.3, 0.4) is 0 Å². The van der Waals surface area contributed by atoms with Crippen LogP contribution in [0.2, 0.25) is 0 Å². The van der Waals surface area contributed by atoms with Crippen LogP contribution in [0, 0.1) is 18.3 Å². The first-order valence-electron chi connectivity index (χ1n) is 5.57. The predicted molar refractivity (Wildman–Crippen MR) is 69.6 cm³/mol. The molecule has 7 heteroatoms. The highest BCUT2D eigenvalue weighted by atomic mass is 32.2. The molecule has 1 rings (SSSR count). The summed E-state index contributed by atoms with van der Waals surface area (Å²) >= 11 is 0. The van der Waals surface area contributed by atoms with Crippen LogP contribution in [0.5, 0.6) is 0 Å². The Kier molecular flexibility index (Phi) is 5.07. The fourth-order valence-corrected chi connectivity index (χ4v) is 1.86. The van der Waals surface area contributed by atoms with Gasteiger partial charge in [0.15, 0.2) is 0 Å². The van der Waals surface area contributed by atoms with E-state index in [1.165, 1.54) is 0 Å². The molecule has 0 radical (unpaired) electrons. The molecule has 0 amide bonds. The number of nitrogens with one attached hydrogen (secondary N) is 2. The van der Waals surface area contributed by atoms with Gasteiger partial charge in [-0.1, -0.05) is 6.07 Å². The molecule has 1 heterocycles. The highest BCUT2D eigenvalue weighted by molar-refractivity contribution is 7.89. The third kappa shape index (κ3) is 4.31. The second-order valence-electron chi connectivity index (χ2n) is 3.70. The zero-order valence-corrected chi connectivity index (χ0v) is 11.2. The van der Waals surface area contributed by atoms with E-state index in [0.29, 0.717) is 18.1 Å². The van der Waals surface area contributed by atoms with E-state index < -0.39 is 10.0 Å². The van der Waals surface area contributed by atoms with Crippen LogP contribution in [0.15, 0.2) is 12.1 Å². The number of nitriles is 1. The van der Waals surface area contributed by atoms with E-state index in [4.69, 9.17) is 5.26 Å². The molecule has 0 spiro atoms. The van der Waals surface area contributed by atoms with Gasteiger partial charge in [0.1, 0.15) is 17.6 Å². The molecule has 0 aliphatic carbocycles. The van der Waals surface area contributed by atoms with Gasteiger partial charge in [0, 0.05) is 13.1 Å². The van der Waals surface area contributed by atoms with Gasteiger partial charge in [-0.05, 0) is 25.5 Å². The third-order valence-corrected chi connectivity index (χ3v) is 3.74. The maximum absolute atomic E-state index is 11.2. The molecule has 0 aromatic carbocycles. The third-order valence-electron chi connectivity index (χ3n) is 2.34. The van der Waals surface area contributed by atoms with Crippen molar-refractivity contribution in [2.45, 2.75) is 13.8 Å². The summed E-state index contributed by atoms with van der Waals surface area (Å²) in [6, 6.07) is 5.55. The van der Waals surface area contributed by atoms with Gasteiger partial charge in [-0.2, -0.15) is 5.26 Å². The number of rotatable bonds is 6. The standard InChI is InChI=1S/C11H16N4O2S/c1-3-18(16,17)14-7-6-13-11-5-4-9(2)10(8-12)15-11/h4-5,14H,3,6-7H2,1-2H3,(H,13,15). The quantitative estimate of drug-likeness (QED) is 0.737. The fourth-order valence-electron chi connectivity index (χ4n) is 1.24. The van der Waals surface area contributed by atoms with Gasteiger partial charge >= 0.3 is 0 Å². The van der Waals surface area contributed by atoms with Crippen LogP contribution >= 0.6 is 0 Å². The van der Waals surface area contributed by atoms with Crippen LogP contribution in [0.4, 0.5) is 5.82 Å². The summed E-state index contributed by atoms with van der Waals surface area (Å²) in [5.74, 6) is 0.627. The van der Waals surface area contributed by atoms with Crippen molar-refractivity contribution in [1.82, 2.24) is 9.71 Å². The normalized spacial score (nSPS) is 10.9. The van der Waals surface area contributed by atoms with Crippen LogP contribution in [0.25, 0.3) is 0 Å². The zero-order valence-electron chi connectivity index (χ0n) is 10.4. The molecule has 98 valence electrons. The van der Waals surface area contributed by atoms with Crippen LogP contribution in [-0.2, 0) is 10.0 Å². The summed E-state index contributed by atoms with van der Waals surface area (Å²) < 4.78 is 24.8. The summed E-state index contributed by atoms with van der Waals surface area (Å²) in [6.45, 7) is 4.09. The monoisotopic (exact) mass is 268 g/mol. The molecule has 0 unspecified atom stereocenters. The summed E-state index contributed by atoms with van der Waals surface area (Å²) in [6.07, 6.45) is 0. The van der Waals surface area contributed by atoms with Crippen molar-refractivity contribution in [2.75, 3.05) is 24.2 Å². The van der Waals surface area contributed by atoms with Crippen LogP contribution in [-0.4, -0.2) is 32.2 Å². The Hall–Kier alpha value is -1.65. The minimum absolute atomic E-state index is 0.0639. The molecule has 0 atom stereocenters. The summed E-state index contributed by atoms with van der Waals surface area (Å²) in [5, 5.41) is 11.8. The van der Waals surface area contributed by atoms with Gasteiger partial charge < -0.3 is 5.32 Å². The number of hydrogen-bond donors (Lipinski definition) is 2. The molecular formula is C11H16N4O2S. The van der Waals surface area contributed by atoms with E-state index in [-0.39, 0.29) is 12.3 Å². The second-order valence-corrected chi connectivity index (χ2v) is 5.79. The first-order valence-corrected chi connectivity index (χ1v) is 7.22. The molecule has 1 aromatic heterocycles. The Balaban J connectivity index is 2.48. The summed E-state index contributed by atoms with van der Waals surface area (Å²) in [7, 11) is -3.16. The number of anilines is 1. The van der Waals surface area contributed by atoms with Crippen molar-refractivity contribution in [1.29, 1.82) is 5.26 Å². The summed E-state index contributed by atoms with van der Waals surface area (Å²) in [5.41, 5.74) is 1.18. The van der Waals surface area contributed by atoms with Gasteiger partial charge in [0.25, 0.3) is 0 Å². The SMILES string of the molecule is CCS(=O)(=O)NCCNc1ccc(C)c(C#N)n1. The lowest BCUT2D eigenvalue weighted by Crippen LogP contribution is -2.30. The van der Waals surface area contributed by atoms with Crippen LogP contribution in [0.1, 0.15) is 18.2 Å². The fraction of sp³-hybridized carbons (Fsp3) is 0.455. The minimum atomic E-state index is -3.16. The molecule has 0 saturated heterocycles. The predicted octanol–water partition coefficient (Wildman–Crippen LogP) is 0.613. The molecule has 0 aliphatic heterocycles. The lowest BCUT2D eigenvalue weighted by atomic mass is 10.2.